The van der Waals surface area contributed by atoms with E-state index < -0.39 is 0 Å². The van der Waals surface area contributed by atoms with Gasteiger partial charge in [0.25, 0.3) is 0 Å². The highest BCUT2D eigenvalue weighted by Crippen LogP contribution is 2.16. The van der Waals surface area contributed by atoms with Crippen LogP contribution in [0.3, 0.4) is 0 Å². The highest BCUT2D eigenvalue weighted by molar-refractivity contribution is 14.0. The molecule has 0 spiro atoms. The van der Waals surface area contributed by atoms with Gasteiger partial charge in [-0.2, -0.15) is 0 Å². The Balaban J connectivity index is 0.00000264. The molecule has 0 amide bonds. The summed E-state index contributed by atoms with van der Waals surface area (Å²) in [6.45, 7) is 11.8. The first kappa shape index (κ1) is 20.6. The van der Waals surface area contributed by atoms with E-state index in [0.29, 0.717) is 0 Å². The Labute approximate surface area is 161 Å². The van der Waals surface area contributed by atoms with Crippen LogP contribution in [0.15, 0.2) is 4.99 Å². The monoisotopic (exact) mass is 451 g/mol. The van der Waals surface area contributed by atoms with Gasteiger partial charge >= 0.3 is 0 Å². The Bertz CT molecular complexity index is 483. The maximum Gasteiger partial charge on any atom is 0.191 e. The standard InChI is InChI=1S/C16H29N5S.HI/c1-5-7-21-8-6-14(11-21)9-18-16(17-4)19-10-15-20-12(2)13(3)22-15;/h14H,5-11H2,1-4H3,(H2,17,18,19);1H. The second-order valence-corrected chi connectivity index (χ2v) is 7.30. The van der Waals surface area contributed by atoms with Crippen LogP contribution < -0.4 is 10.6 Å². The molecule has 1 aliphatic heterocycles. The zero-order valence-corrected chi connectivity index (χ0v) is 17.8. The van der Waals surface area contributed by atoms with Crippen molar-refractivity contribution < 1.29 is 0 Å². The smallest absolute Gasteiger partial charge is 0.191 e. The molecule has 2 N–H and O–H groups in total. The minimum atomic E-state index is 0. The summed E-state index contributed by atoms with van der Waals surface area (Å²) in [6, 6.07) is 0. The van der Waals surface area contributed by atoms with Gasteiger partial charge in [-0.15, -0.1) is 35.3 Å². The summed E-state index contributed by atoms with van der Waals surface area (Å²) in [5, 5.41) is 7.93. The Hall–Kier alpha value is -0.410. The van der Waals surface area contributed by atoms with E-state index in [4.69, 9.17) is 0 Å². The molecule has 5 nitrogen and oxygen atoms in total. The Morgan fingerprint density at radius 3 is 2.78 bits per heavy atom. The van der Waals surface area contributed by atoms with Crippen LogP contribution >= 0.6 is 35.3 Å². The van der Waals surface area contributed by atoms with Gasteiger partial charge in [-0.1, -0.05) is 6.92 Å². The number of nitrogens with zero attached hydrogens (tertiary/aromatic N) is 3. The van der Waals surface area contributed by atoms with Gasteiger partial charge in [-0.05, 0) is 45.7 Å². The fourth-order valence-electron chi connectivity index (χ4n) is 2.83. The molecule has 1 aromatic heterocycles. The molecular formula is C16H30IN5S. The lowest BCUT2D eigenvalue weighted by Gasteiger charge is -2.16. The maximum atomic E-state index is 4.55. The lowest BCUT2D eigenvalue weighted by molar-refractivity contribution is 0.324. The molecule has 0 radical (unpaired) electrons. The quantitative estimate of drug-likeness (QED) is 0.397. The summed E-state index contributed by atoms with van der Waals surface area (Å²) in [5.74, 6) is 1.61. The molecule has 0 aromatic carbocycles. The molecule has 1 fully saturated rings. The van der Waals surface area contributed by atoms with E-state index in [1.165, 1.54) is 37.4 Å². The Morgan fingerprint density at radius 1 is 1.39 bits per heavy atom. The zero-order valence-electron chi connectivity index (χ0n) is 14.7. The third-order valence-corrected chi connectivity index (χ3v) is 5.24. The van der Waals surface area contributed by atoms with E-state index in [1.54, 1.807) is 11.3 Å². The number of rotatable bonds is 6. The molecule has 23 heavy (non-hydrogen) atoms. The number of hydrogen-bond acceptors (Lipinski definition) is 4. The second-order valence-electron chi connectivity index (χ2n) is 6.01. The highest BCUT2D eigenvalue weighted by Gasteiger charge is 2.21. The van der Waals surface area contributed by atoms with Crippen molar-refractivity contribution in [3.8, 4) is 0 Å². The summed E-state index contributed by atoms with van der Waals surface area (Å²) >= 11 is 1.75. The first-order chi connectivity index (χ1) is 10.6. The molecular weight excluding hydrogens is 421 g/mol. The lowest BCUT2D eigenvalue weighted by atomic mass is 10.1. The molecule has 0 aliphatic carbocycles. The molecule has 0 saturated carbocycles. The van der Waals surface area contributed by atoms with Crippen LogP contribution in [0.1, 0.15) is 35.3 Å². The predicted molar refractivity (Wildman–Crippen MR) is 110 cm³/mol. The average molecular weight is 451 g/mol. The van der Waals surface area contributed by atoms with Gasteiger partial charge < -0.3 is 15.5 Å². The number of likely N-dealkylation sites (tertiary alicyclic amines) is 1. The van der Waals surface area contributed by atoms with Gasteiger partial charge in [0.2, 0.25) is 0 Å². The number of aromatic nitrogens is 1. The van der Waals surface area contributed by atoms with Crippen molar-refractivity contribution in [2.75, 3.05) is 33.2 Å². The van der Waals surface area contributed by atoms with Crippen LogP contribution in [0, 0.1) is 19.8 Å². The molecule has 2 rings (SSSR count). The van der Waals surface area contributed by atoms with Crippen molar-refractivity contribution in [3.63, 3.8) is 0 Å². The third kappa shape index (κ3) is 6.54. The van der Waals surface area contributed by atoms with E-state index in [0.717, 1.165) is 35.7 Å². The molecule has 1 unspecified atom stereocenters. The van der Waals surface area contributed by atoms with Crippen LogP contribution in [0.25, 0.3) is 0 Å². The molecule has 1 aromatic rings. The molecule has 0 bridgehead atoms. The Morgan fingerprint density at radius 2 is 2.17 bits per heavy atom. The van der Waals surface area contributed by atoms with Gasteiger partial charge in [0.15, 0.2) is 5.96 Å². The van der Waals surface area contributed by atoms with Gasteiger partial charge in [-0.25, -0.2) is 4.98 Å². The number of hydrogen-bond donors (Lipinski definition) is 2. The fraction of sp³-hybridized carbons (Fsp3) is 0.750. The van der Waals surface area contributed by atoms with E-state index >= 15 is 0 Å². The second kappa shape index (κ2) is 10.5. The molecule has 132 valence electrons. The van der Waals surface area contributed by atoms with Crippen LogP contribution in [0.2, 0.25) is 0 Å². The first-order valence-corrected chi connectivity index (χ1v) is 9.03. The van der Waals surface area contributed by atoms with Crippen molar-refractivity contribution in [1.29, 1.82) is 0 Å². The third-order valence-electron chi connectivity index (χ3n) is 4.17. The largest absolute Gasteiger partial charge is 0.356 e. The zero-order chi connectivity index (χ0) is 15.9. The van der Waals surface area contributed by atoms with Gasteiger partial charge in [0.1, 0.15) is 5.01 Å². The summed E-state index contributed by atoms with van der Waals surface area (Å²) < 4.78 is 0. The predicted octanol–water partition coefficient (Wildman–Crippen LogP) is 2.77. The number of thiazole rings is 1. The molecule has 7 heteroatoms. The van der Waals surface area contributed by atoms with Crippen LogP contribution in [0.5, 0.6) is 0 Å². The summed E-state index contributed by atoms with van der Waals surface area (Å²) in [7, 11) is 1.83. The highest BCUT2D eigenvalue weighted by atomic mass is 127. The van der Waals surface area contributed by atoms with Crippen molar-refractivity contribution in [1.82, 2.24) is 20.5 Å². The number of nitrogens with one attached hydrogen (secondary N) is 2. The Kier molecular flexibility index (Phi) is 9.38. The first-order valence-electron chi connectivity index (χ1n) is 8.22. The SMILES string of the molecule is CCCN1CCC(CNC(=NC)NCc2nc(C)c(C)s2)C1.I. The molecule has 1 saturated heterocycles. The van der Waals surface area contributed by atoms with Crippen molar-refractivity contribution in [2.24, 2.45) is 10.9 Å². The summed E-state index contributed by atoms with van der Waals surface area (Å²) in [5.41, 5.74) is 1.13. The number of aliphatic imine (C=N–C) groups is 1. The van der Waals surface area contributed by atoms with Gasteiger partial charge in [0, 0.05) is 25.0 Å². The van der Waals surface area contributed by atoms with Gasteiger partial charge in [-0.3, -0.25) is 4.99 Å². The van der Waals surface area contributed by atoms with E-state index in [-0.39, 0.29) is 24.0 Å². The number of halogens is 1. The topological polar surface area (TPSA) is 52.5 Å². The summed E-state index contributed by atoms with van der Waals surface area (Å²) in [4.78, 5) is 12.7. The van der Waals surface area contributed by atoms with Crippen molar-refractivity contribution in [3.05, 3.63) is 15.6 Å². The summed E-state index contributed by atoms with van der Waals surface area (Å²) in [6.07, 6.45) is 2.53. The number of aryl methyl sites for hydroxylation is 2. The average Bonchev–Trinajstić information content (AvgIpc) is 3.07. The van der Waals surface area contributed by atoms with Crippen LogP contribution in [0.4, 0.5) is 0 Å². The minimum absolute atomic E-state index is 0. The lowest BCUT2D eigenvalue weighted by Crippen LogP contribution is -2.39. The van der Waals surface area contributed by atoms with E-state index in [1.807, 2.05) is 7.05 Å². The molecule has 1 aliphatic rings. The fourth-order valence-corrected chi connectivity index (χ4v) is 3.71. The molecule has 2 heterocycles. The van der Waals surface area contributed by atoms with Crippen molar-refractivity contribution in [2.45, 2.75) is 40.2 Å². The van der Waals surface area contributed by atoms with Crippen molar-refractivity contribution >= 4 is 41.3 Å². The van der Waals surface area contributed by atoms with E-state index in [2.05, 4.69) is 46.3 Å². The van der Waals surface area contributed by atoms with Crippen LogP contribution in [-0.4, -0.2) is 49.1 Å². The maximum absolute atomic E-state index is 4.55. The number of guanidine groups is 1. The van der Waals surface area contributed by atoms with Crippen LogP contribution in [-0.2, 0) is 6.54 Å². The van der Waals surface area contributed by atoms with Gasteiger partial charge in [0.05, 0.1) is 12.2 Å². The minimum Gasteiger partial charge on any atom is -0.356 e. The van der Waals surface area contributed by atoms with E-state index in [9.17, 15) is 0 Å². The normalized spacial score (nSPS) is 18.8. The molecule has 1 atom stereocenters.